The minimum atomic E-state index is -0.289. The zero-order valence-corrected chi connectivity index (χ0v) is 15.7. The third-order valence-electron chi connectivity index (χ3n) is 4.54. The minimum absolute atomic E-state index is 0.206. The Hall–Kier alpha value is -2.60. The van der Waals surface area contributed by atoms with Gasteiger partial charge in [-0.3, -0.25) is 14.0 Å². The number of fused-ring (bicyclic) bond motifs is 1. The van der Waals surface area contributed by atoms with Gasteiger partial charge in [0.1, 0.15) is 5.69 Å². The second kappa shape index (κ2) is 7.33. The number of nitrogens with zero attached hydrogens (tertiary/aromatic N) is 3. The van der Waals surface area contributed by atoms with E-state index < -0.39 is 0 Å². The van der Waals surface area contributed by atoms with Gasteiger partial charge >= 0.3 is 0 Å². The summed E-state index contributed by atoms with van der Waals surface area (Å²) in [5, 5.41) is 3.40. The van der Waals surface area contributed by atoms with Gasteiger partial charge in [0.15, 0.2) is 0 Å². The highest BCUT2D eigenvalue weighted by molar-refractivity contribution is 6.33. The Kier molecular flexibility index (Phi) is 5.13. The summed E-state index contributed by atoms with van der Waals surface area (Å²) in [5.41, 5.74) is 1.53. The topological polar surface area (TPSA) is 68.4 Å². The molecule has 1 N–H and O–H groups in total. The molecule has 0 aliphatic heterocycles. The van der Waals surface area contributed by atoms with Crippen molar-refractivity contribution in [3.63, 3.8) is 0 Å². The van der Waals surface area contributed by atoms with Crippen molar-refractivity contribution in [2.45, 2.75) is 20.3 Å². The van der Waals surface area contributed by atoms with Crippen LogP contribution in [0.3, 0.4) is 0 Å². The maximum Gasteiger partial charge on any atom is 0.294 e. The smallest absolute Gasteiger partial charge is 0.294 e. The molecule has 1 atom stereocenters. The Labute approximate surface area is 156 Å². The van der Waals surface area contributed by atoms with Crippen molar-refractivity contribution >= 4 is 23.2 Å². The number of carbonyl (C=O) groups is 1. The molecule has 6 nitrogen and oxygen atoms in total. The largest absolute Gasteiger partial charge is 0.350 e. The van der Waals surface area contributed by atoms with Crippen molar-refractivity contribution in [2.24, 2.45) is 13.0 Å². The first-order valence-electron chi connectivity index (χ1n) is 8.54. The number of nitrogens with one attached hydrogen (secondary N) is 1. The number of aromatic nitrogens is 3. The zero-order valence-electron chi connectivity index (χ0n) is 15.0. The zero-order chi connectivity index (χ0) is 18.8. The summed E-state index contributed by atoms with van der Waals surface area (Å²) in [7, 11) is 1.67. The highest BCUT2D eigenvalue weighted by atomic mass is 35.5. The van der Waals surface area contributed by atoms with Gasteiger partial charge in [0.05, 0.1) is 5.69 Å². The Balaban J connectivity index is 2.03. The Morgan fingerprint density at radius 2 is 2.04 bits per heavy atom. The van der Waals surface area contributed by atoms with Crippen molar-refractivity contribution < 1.29 is 4.79 Å². The van der Waals surface area contributed by atoms with Gasteiger partial charge in [0.2, 0.25) is 5.65 Å². The summed E-state index contributed by atoms with van der Waals surface area (Å²) in [6.07, 6.45) is 4.31. The van der Waals surface area contributed by atoms with Gasteiger partial charge in [0.25, 0.3) is 11.5 Å². The molecule has 0 bridgehead atoms. The van der Waals surface area contributed by atoms with E-state index in [1.165, 1.54) is 4.57 Å². The lowest BCUT2D eigenvalue weighted by Gasteiger charge is -2.10. The van der Waals surface area contributed by atoms with Crippen molar-refractivity contribution in [1.82, 2.24) is 19.3 Å². The molecule has 2 aromatic heterocycles. The molecule has 1 amide bonds. The lowest BCUT2D eigenvalue weighted by atomic mass is 10.1. The number of carbonyl (C=O) groups excluding carboxylic acids is 1. The van der Waals surface area contributed by atoms with Crippen molar-refractivity contribution in [3.05, 3.63) is 57.7 Å². The van der Waals surface area contributed by atoms with Crippen molar-refractivity contribution in [2.75, 3.05) is 6.54 Å². The maximum atomic E-state index is 12.7. The van der Waals surface area contributed by atoms with Crippen molar-refractivity contribution in [3.8, 4) is 11.3 Å². The van der Waals surface area contributed by atoms with Crippen LogP contribution < -0.4 is 10.9 Å². The van der Waals surface area contributed by atoms with E-state index in [4.69, 9.17) is 11.6 Å². The molecule has 26 heavy (non-hydrogen) atoms. The van der Waals surface area contributed by atoms with Crippen LogP contribution in [0.4, 0.5) is 0 Å². The van der Waals surface area contributed by atoms with Gasteiger partial charge in [0, 0.05) is 36.6 Å². The van der Waals surface area contributed by atoms with E-state index >= 15 is 0 Å². The van der Waals surface area contributed by atoms with E-state index in [0.29, 0.717) is 23.2 Å². The summed E-state index contributed by atoms with van der Waals surface area (Å²) < 4.78 is 3.07. The molecular formula is C19H21ClN4O2. The first-order valence-corrected chi connectivity index (χ1v) is 8.92. The van der Waals surface area contributed by atoms with Gasteiger partial charge in [-0.15, -0.1) is 0 Å². The molecule has 0 radical (unpaired) electrons. The van der Waals surface area contributed by atoms with E-state index in [1.807, 2.05) is 18.2 Å². The van der Waals surface area contributed by atoms with Gasteiger partial charge in [-0.1, -0.05) is 50.1 Å². The molecule has 0 saturated carbocycles. The maximum absolute atomic E-state index is 12.7. The van der Waals surface area contributed by atoms with Crippen LogP contribution in [0, 0.1) is 5.92 Å². The Bertz CT molecular complexity index is 1020. The Morgan fingerprint density at radius 3 is 2.73 bits per heavy atom. The predicted octanol–water partition coefficient (Wildman–Crippen LogP) is 3.13. The second-order valence-corrected chi connectivity index (χ2v) is 6.85. The first kappa shape index (κ1) is 18.2. The molecule has 0 unspecified atom stereocenters. The van der Waals surface area contributed by atoms with E-state index in [0.717, 1.165) is 12.0 Å². The predicted molar refractivity (Wildman–Crippen MR) is 103 cm³/mol. The third kappa shape index (κ3) is 3.37. The SMILES string of the molecule is CC[C@@H](C)CNC(=O)c1cn2cc(-c3ccccc3Cl)n(C)c(=O)c2n1. The molecule has 0 fully saturated rings. The minimum Gasteiger partial charge on any atom is -0.350 e. The van der Waals surface area contributed by atoms with Crippen LogP contribution in [-0.2, 0) is 7.05 Å². The van der Waals surface area contributed by atoms with Gasteiger partial charge < -0.3 is 9.88 Å². The normalized spacial score (nSPS) is 12.3. The van der Waals surface area contributed by atoms with Gasteiger partial charge in [-0.2, -0.15) is 0 Å². The number of hydrogen-bond donors (Lipinski definition) is 1. The molecule has 2 heterocycles. The summed E-state index contributed by atoms with van der Waals surface area (Å²) in [5.74, 6) is 0.103. The lowest BCUT2D eigenvalue weighted by molar-refractivity contribution is 0.0943. The average molecular weight is 373 g/mol. The van der Waals surface area contributed by atoms with E-state index in [1.54, 1.807) is 29.9 Å². The van der Waals surface area contributed by atoms with Crippen LogP contribution in [0.15, 0.2) is 41.5 Å². The average Bonchev–Trinajstić information content (AvgIpc) is 3.07. The fourth-order valence-corrected chi connectivity index (χ4v) is 2.89. The molecule has 0 saturated heterocycles. The van der Waals surface area contributed by atoms with Gasteiger partial charge in [-0.25, -0.2) is 4.98 Å². The van der Waals surface area contributed by atoms with Crippen LogP contribution in [0.25, 0.3) is 16.9 Å². The van der Waals surface area contributed by atoms with Crippen LogP contribution in [0.5, 0.6) is 0 Å². The Morgan fingerprint density at radius 1 is 1.31 bits per heavy atom. The third-order valence-corrected chi connectivity index (χ3v) is 4.87. The van der Waals surface area contributed by atoms with E-state index in [-0.39, 0.29) is 22.8 Å². The van der Waals surface area contributed by atoms with Crippen LogP contribution in [0.1, 0.15) is 30.8 Å². The number of halogens is 1. The highest BCUT2D eigenvalue weighted by Crippen LogP contribution is 2.26. The highest BCUT2D eigenvalue weighted by Gasteiger charge is 2.16. The van der Waals surface area contributed by atoms with E-state index in [2.05, 4.69) is 24.1 Å². The van der Waals surface area contributed by atoms with Crippen LogP contribution in [0.2, 0.25) is 5.02 Å². The number of amides is 1. The first-order chi connectivity index (χ1) is 12.4. The number of benzene rings is 1. The molecule has 0 spiro atoms. The van der Waals surface area contributed by atoms with Crippen molar-refractivity contribution in [1.29, 1.82) is 0 Å². The van der Waals surface area contributed by atoms with E-state index in [9.17, 15) is 9.59 Å². The molecule has 136 valence electrons. The van der Waals surface area contributed by atoms with Gasteiger partial charge in [-0.05, 0) is 12.0 Å². The summed E-state index contributed by atoms with van der Waals surface area (Å²) in [6.45, 7) is 4.71. The number of rotatable bonds is 5. The van der Waals surface area contributed by atoms with Crippen LogP contribution in [-0.4, -0.2) is 26.4 Å². The summed E-state index contributed by atoms with van der Waals surface area (Å²) in [4.78, 5) is 29.2. The number of imidazole rings is 1. The molecule has 0 aliphatic rings. The molecule has 7 heteroatoms. The quantitative estimate of drug-likeness (QED) is 0.748. The fraction of sp³-hybridized carbons (Fsp3) is 0.316. The van der Waals surface area contributed by atoms with Crippen LogP contribution >= 0.6 is 11.6 Å². The summed E-state index contributed by atoms with van der Waals surface area (Å²) >= 11 is 6.27. The molecule has 3 aromatic rings. The molecular weight excluding hydrogens is 352 g/mol. The molecule has 3 rings (SSSR count). The standard InChI is InChI=1S/C19H21ClN4O2/c1-4-12(2)9-21-18(25)15-10-24-11-16(13-7-5-6-8-14(13)20)23(3)19(26)17(24)22-15/h5-8,10-12H,4,9H2,1-3H3,(H,21,25)/t12-/m1/s1. The molecule has 1 aromatic carbocycles. The second-order valence-electron chi connectivity index (χ2n) is 6.44. The monoisotopic (exact) mass is 372 g/mol. The number of hydrogen-bond acceptors (Lipinski definition) is 3. The fourth-order valence-electron chi connectivity index (χ4n) is 2.66. The molecule has 0 aliphatic carbocycles. The summed E-state index contributed by atoms with van der Waals surface area (Å²) in [6, 6.07) is 7.31. The lowest BCUT2D eigenvalue weighted by Crippen LogP contribution is -2.28.